The van der Waals surface area contributed by atoms with Gasteiger partial charge in [-0.05, 0) is 48.6 Å². The lowest BCUT2D eigenvalue weighted by Gasteiger charge is -2.31. The number of methoxy groups -OCH3 is 2. The van der Waals surface area contributed by atoms with E-state index in [1.807, 2.05) is 50.2 Å². The van der Waals surface area contributed by atoms with Gasteiger partial charge in [0.15, 0.2) is 11.5 Å². The molecule has 6 nitrogen and oxygen atoms in total. The number of aryl methyl sites for hydroxylation is 1. The van der Waals surface area contributed by atoms with Crippen molar-refractivity contribution in [3.8, 4) is 11.5 Å². The van der Waals surface area contributed by atoms with E-state index in [1.54, 1.807) is 25.2 Å². The monoisotopic (exact) mass is 460 g/mol. The molecular formula is C25H33ClN2O4. The zero-order chi connectivity index (χ0) is 23.5. The summed E-state index contributed by atoms with van der Waals surface area (Å²) in [5.74, 6) is 1.02. The molecule has 1 N–H and O–H groups in total. The van der Waals surface area contributed by atoms with Crippen LogP contribution in [0.15, 0.2) is 42.5 Å². The van der Waals surface area contributed by atoms with Crippen LogP contribution in [0.3, 0.4) is 0 Å². The van der Waals surface area contributed by atoms with Crippen LogP contribution >= 0.6 is 11.6 Å². The minimum Gasteiger partial charge on any atom is -0.493 e. The van der Waals surface area contributed by atoms with Crippen LogP contribution in [0.25, 0.3) is 0 Å². The number of carbonyl (C=O) groups is 2. The summed E-state index contributed by atoms with van der Waals surface area (Å²) in [6, 6.07) is 12.5. The van der Waals surface area contributed by atoms with Gasteiger partial charge in [0.25, 0.3) is 0 Å². The minimum absolute atomic E-state index is 0.0989. The van der Waals surface area contributed by atoms with Gasteiger partial charge in [-0.3, -0.25) is 9.59 Å². The van der Waals surface area contributed by atoms with Gasteiger partial charge in [0.05, 0.1) is 14.2 Å². The van der Waals surface area contributed by atoms with Gasteiger partial charge in [-0.25, -0.2) is 0 Å². The summed E-state index contributed by atoms with van der Waals surface area (Å²) >= 11 is 6.35. The smallest absolute Gasteiger partial charge is 0.242 e. The third kappa shape index (κ3) is 6.89. The quantitative estimate of drug-likeness (QED) is 0.501. The van der Waals surface area contributed by atoms with E-state index in [1.165, 1.54) is 0 Å². The molecule has 0 saturated carbocycles. The van der Waals surface area contributed by atoms with Gasteiger partial charge >= 0.3 is 0 Å². The molecule has 0 heterocycles. The molecule has 0 bridgehead atoms. The van der Waals surface area contributed by atoms with Gasteiger partial charge in [0.2, 0.25) is 11.8 Å². The first-order valence-electron chi connectivity index (χ1n) is 11.0. The van der Waals surface area contributed by atoms with E-state index in [0.29, 0.717) is 35.9 Å². The second-order valence-corrected chi connectivity index (χ2v) is 7.92. The lowest BCUT2D eigenvalue weighted by atomic mass is 10.1. The van der Waals surface area contributed by atoms with Crippen molar-refractivity contribution in [1.82, 2.24) is 10.2 Å². The van der Waals surface area contributed by atoms with E-state index in [2.05, 4.69) is 5.32 Å². The minimum atomic E-state index is -0.560. The summed E-state index contributed by atoms with van der Waals surface area (Å²) in [5.41, 5.74) is 1.77. The molecule has 0 saturated heterocycles. The molecule has 32 heavy (non-hydrogen) atoms. The molecule has 174 valence electrons. The molecule has 0 fully saturated rings. The third-order valence-electron chi connectivity index (χ3n) is 5.31. The first kappa shape index (κ1) is 25.5. The number of hydrogen-bond acceptors (Lipinski definition) is 4. The molecule has 0 aliphatic carbocycles. The number of benzene rings is 2. The maximum absolute atomic E-state index is 13.3. The average molecular weight is 461 g/mol. The standard InChI is InChI=1S/C25H33ClN2O4/c1-5-15-27-25(30)21(6-2)28(17-19-9-7-8-10-20(19)26)24(29)14-12-18-11-13-22(31-3)23(16-18)32-4/h7-11,13,16,21H,5-6,12,14-15,17H2,1-4H3,(H,27,30)/t21-/m0/s1. The van der Waals surface area contributed by atoms with Gasteiger partial charge in [-0.2, -0.15) is 0 Å². The molecule has 0 spiro atoms. The van der Waals surface area contributed by atoms with Crippen LogP contribution in [0.5, 0.6) is 11.5 Å². The molecule has 0 radical (unpaired) electrons. The van der Waals surface area contributed by atoms with Crippen LogP contribution in [-0.4, -0.2) is 43.5 Å². The van der Waals surface area contributed by atoms with E-state index in [-0.39, 0.29) is 24.8 Å². The zero-order valence-electron chi connectivity index (χ0n) is 19.3. The lowest BCUT2D eigenvalue weighted by molar-refractivity contribution is -0.141. The number of halogens is 1. The number of rotatable bonds is 12. The van der Waals surface area contributed by atoms with E-state index in [9.17, 15) is 9.59 Å². The van der Waals surface area contributed by atoms with Crippen molar-refractivity contribution < 1.29 is 19.1 Å². The van der Waals surface area contributed by atoms with Crippen LogP contribution in [0.4, 0.5) is 0 Å². The number of carbonyl (C=O) groups excluding carboxylic acids is 2. The molecular weight excluding hydrogens is 428 g/mol. The Labute approximate surface area is 195 Å². The van der Waals surface area contributed by atoms with Crippen molar-refractivity contribution in [1.29, 1.82) is 0 Å². The van der Waals surface area contributed by atoms with E-state index in [4.69, 9.17) is 21.1 Å². The highest BCUT2D eigenvalue weighted by Gasteiger charge is 2.28. The largest absolute Gasteiger partial charge is 0.493 e. The average Bonchev–Trinajstić information content (AvgIpc) is 2.81. The number of nitrogens with one attached hydrogen (secondary N) is 1. The van der Waals surface area contributed by atoms with Crippen molar-refractivity contribution in [3.63, 3.8) is 0 Å². The van der Waals surface area contributed by atoms with Gasteiger partial charge in [-0.15, -0.1) is 0 Å². The Balaban J connectivity index is 2.22. The summed E-state index contributed by atoms with van der Waals surface area (Å²) in [5, 5.41) is 3.50. The highest BCUT2D eigenvalue weighted by Crippen LogP contribution is 2.28. The second-order valence-electron chi connectivity index (χ2n) is 7.52. The van der Waals surface area contributed by atoms with E-state index < -0.39 is 6.04 Å². The van der Waals surface area contributed by atoms with Crippen LogP contribution < -0.4 is 14.8 Å². The fourth-order valence-electron chi connectivity index (χ4n) is 3.53. The highest BCUT2D eigenvalue weighted by atomic mass is 35.5. The molecule has 2 rings (SSSR count). The number of amides is 2. The maximum atomic E-state index is 13.3. The fraction of sp³-hybridized carbons (Fsp3) is 0.440. The number of ether oxygens (including phenoxy) is 2. The zero-order valence-corrected chi connectivity index (χ0v) is 20.1. The van der Waals surface area contributed by atoms with Crippen molar-refractivity contribution in [2.24, 2.45) is 0 Å². The van der Waals surface area contributed by atoms with Crippen LogP contribution in [0.1, 0.15) is 44.2 Å². The highest BCUT2D eigenvalue weighted by molar-refractivity contribution is 6.31. The lowest BCUT2D eigenvalue weighted by Crippen LogP contribution is -2.49. The van der Waals surface area contributed by atoms with Crippen LogP contribution in [0.2, 0.25) is 5.02 Å². The second kappa shape index (κ2) is 13.0. The fourth-order valence-corrected chi connectivity index (χ4v) is 3.72. The molecule has 2 amide bonds. The molecule has 1 atom stereocenters. The summed E-state index contributed by atoms with van der Waals surface area (Å²) in [7, 11) is 3.17. The normalized spacial score (nSPS) is 11.5. The third-order valence-corrected chi connectivity index (χ3v) is 5.68. The summed E-state index contributed by atoms with van der Waals surface area (Å²) in [6.45, 7) is 4.77. The van der Waals surface area contributed by atoms with Crippen molar-refractivity contribution in [2.75, 3.05) is 20.8 Å². The number of nitrogens with zero attached hydrogens (tertiary/aromatic N) is 1. The summed E-state index contributed by atoms with van der Waals surface area (Å²) in [4.78, 5) is 27.8. The predicted molar refractivity (Wildman–Crippen MR) is 127 cm³/mol. The Morgan fingerprint density at radius 2 is 1.78 bits per heavy atom. The Morgan fingerprint density at radius 3 is 2.41 bits per heavy atom. The van der Waals surface area contributed by atoms with Gasteiger partial charge < -0.3 is 19.7 Å². The molecule has 7 heteroatoms. The molecule has 2 aromatic rings. The van der Waals surface area contributed by atoms with Crippen molar-refractivity contribution in [3.05, 3.63) is 58.6 Å². The Bertz CT molecular complexity index is 903. The van der Waals surface area contributed by atoms with Crippen LogP contribution in [0, 0.1) is 0 Å². The van der Waals surface area contributed by atoms with E-state index >= 15 is 0 Å². The Morgan fingerprint density at radius 1 is 1.06 bits per heavy atom. The predicted octanol–water partition coefficient (Wildman–Crippen LogP) is 4.62. The maximum Gasteiger partial charge on any atom is 0.242 e. The van der Waals surface area contributed by atoms with E-state index in [0.717, 1.165) is 17.5 Å². The first-order chi connectivity index (χ1) is 15.4. The topological polar surface area (TPSA) is 67.9 Å². The van der Waals surface area contributed by atoms with Crippen molar-refractivity contribution in [2.45, 2.75) is 52.1 Å². The molecule has 0 aliphatic rings. The number of hydrogen-bond donors (Lipinski definition) is 1. The summed E-state index contributed by atoms with van der Waals surface area (Å²) < 4.78 is 10.6. The molecule has 0 aromatic heterocycles. The Kier molecular flexibility index (Phi) is 10.3. The SMILES string of the molecule is CCCNC(=O)[C@H](CC)N(Cc1ccccc1Cl)C(=O)CCc1ccc(OC)c(OC)c1. The Hall–Kier alpha value is -2.73. The summed E-state index contributed by atoms with van der Waals surface area (Å²) in [6.07, 6.45) is 2.13. The first-order valence-corrected chi connectivity index (χ1v) is 11.3. The molecule has 0 unspecified atom stereocenters. The van der Waals surface area contributed by atoms with Gasteiger partial charge in [0, 0.05) is 24.5 Å². The van der Waals surface area contributed by atoms with Gasteiger partial charge in [-0.1, -0.05) is 49.7 Å². The van der Waals surface area contributed by atoms with Gasteiger partial charge in [0.1, 0.15) is 6.04 Å². The van der Waals surface area contributed by atoms with Crippen LogP contribution in [-0.2, 0) is 22.6 Å². The molecule has 2 aromatic carbocycles. The molecule has 0 aliphatic heterocycles. The van der Waals surface area contributed by atoms with Crippen molar-refractivity contribution >= 4 is 23.4 Å².